The lowest BCUT2D eigenvalue weighted by Gasteiger charge is -2.14. The first-order valence-corrected chi connectivity index (χ1v) is 12.3. The van der Waals surface area contributed by atoms with Crippen molar-refractivity contribution in [1.82, 2.24) is 14.6 Å². The van der Waals surface area contributed by atoms with Crippen molar-refractivity contribution < 1.29 is 14.4 Å². The van der Waals surface area contributed by atoms with Crippen molar-refractivity contribution in [3.63, 3.8) is 0 Å². The van der Waals surface area contributed by atoms with E-state index in [0.717, 1.165) is 17.1 Å². The van der Waals surface area contributed by atoms with Gasteiger partial charge in [0, 0.05) is 22.5 Å². The molecule has 0 saturated carbocycles. The molecule has 0 N–H and O–H groups in total. The predicted octanol–water partition coefficient (Wildman–Crippen LogP) is 6.31. The van der Waals surface area contributed by atoms with Crippen LogP contribution in [0.15, 0.2) is 63.0 Å². The topological polar surface area (TPSA) is 122 Å². The molecule has 0 aliphatic rings. The van der Waals surface area contributed by atoms with Crippen molar-refractivity contribution in [2.75, 3.05) is 7.11 Å². The summed E-state index contributed by atoms with van der Waals surface area (Å²) in [5.74, 6) is 1.09. The zero-order valence-corrected chi connectivity index (χ0v) is 22.4. The van der Waals surface area contributed by atoms with E-state index < -0.39 is 4.92 Å². The highest BCUT2D eigenvalue weighted by atomic mass is 79.9. The third-order valence-electron chi connectivity index (χ3n) is 5.60. The minimum absolute atomic E-state index is 0.0130. The molecule has 0 aliphatic carbocycles. The summed E-state index contributed by atoms with van der Waals surface area (Å²) in [5.41, 5.74) is 0.683. The van der Waals surface area contributed by atoms with Crippen LogP contribution >= 0.6 is 27.5 Å². The highest BCUT2D eigenvalue weighted by molar-refractivity contribution is 9.10. The van der Waals surface area contributed by atoms with Crippen molar-refractivity contribution in [1.29, 1.82) is 0 Å². The number of methoxy groups -OCH3 is 1. The number of benzene rings is 2. The molecule has 0 bridgehead atoms. The normalized spacial score (nSPS) is 12.1. The molecular formula is C25H21BrClN5O5. The summed E-state index contributed by atoms with van der Waals surface area (Å²) >= 11 is 9.87. The second kappa shape index (κ2) is 11.1. The average Bonchev–Trinajstić information content (AvgIpc) is 2.89. The van der Waals surface area contributed by atoms with Gasteiger partial charge < -0.3 is 9.47 Å². The van der Waals surface area contributed by atoms with Gasteiger partial charge in [-0.2, -0.15) is 9.78 Å². The summed E-state index contributed by atoms with van der Waals surface area (Å²) in [6.45, 7) is 4.00. The monoisotopic (exact) mass is 585 g/mol. The van der Waals surface area contributed by atoms with Gasteiger partial charge in [-0.05, 0) is 42.3 Å². The zero-order chi connectivity index (χ0) is 26.7. The van der Waals surface area contributed by atoms with Gasteiger partial charge in [0.25, 0.3) is 11.2 Å². The van der Waals surface area contributed by atoms with E-state index in [0.29, 0.717) is 22.3 Å². The number of nitrogens with zero attached hydrogens (tertiary/aromatic N) is 5. The van der Waals surface area contributed by atoms with Crippen molar-refractivity contribution in [3.8, 4) is 17.4 Å². The lowest BCUT2D eigenvalue weighted by atomic mass is 10.1. The van der Waals surface area contributed by atoms with Gasteiger partial charge in [-0.1, -0.05) is 41.4 Å². The molecule has 0 amide bonds. The molecule has 1 atom stereocenters. The van der Waals surface area contributed by atoms with Crippen LogP contribution < -0.4 is 15.0 Å². The van der Waals surface area contributed by atoms with Gasteiger partial charge in [0.05, 0.1) is 34.2 Å². The van der Waals surface area contributed by atoms with Gasteiger partial charge in [-0.15, -0.1) is 0 Å². The molecule has 37 heavy (non-hydrogen) atoms. The lowest BCUT2D eigenvalue weighted by molar-refractivity contribution is -0.385. The molecule has 4 aromatic rings. The van der Waals surface area contributed by atoms with E-state index in [1.807, 2.05) is 19.9 Å². The molecule has 0 unspecified atom stereocenters. The van der Waals surface area contributed by atoms with Crippen LogP contribution in [0.5, 0.6) is 17.4 Å². The molecular weight excluding hydrogens is 566 g/mol. The quantitative estimate of drug-likeness (QED) is 0.135. The summed E-state index contributed by atoms with van der Waals surface area (Å²) in [7, 11) is 1.44. The van der Waals surface area contributed by atoms with Crippen LogP contribution in [0.25, 0.3) is 10.9 Å². The van der Waals surface area contributed by atoms with E-state index in [-0.39, 0.29) is 39.6 Å². The van der Waals surface area contributed by atoms with Crippen LogP contribution in [-0.4, -0.2) is 32.9 Å². The van der Waals surface area contributed by atoms with Gasteiger partial charge in [0.1, 0.15) is 12.0 Å². The number of ether oxygens (including phenoxy) is 2. The Morgan fingerprint density at radius 1 is 1.27 bits per heavy atom. The SMILES string of the molecule is CC[C@@H](C)c1nc2ccc(Br)cc2c(=O)n1N=Cc1cc(Cl)c(Oc2ccc([N+](=O)[O-])cn2)c(OC)c1. The van der Waals surface area contributed by atoms with Crippen molar-refractivity contribution in [3.05, 3.63) is 90.0 Å². The maximum absolute atomic E-state index is 13.3. The fourth-order valence-corrected chi connectivity index (χ4v) is 4.08. The zero-order valence-electron chi connectivity index (χ0n) is 20.0. The van der Waals surface area contributed by atoms with Gasteiger partial charge in [-0.3, -0.25) is 14.9 Å². The third kappa shape index (κ3) is 5.62. The molecule has 0 spiro atoms. The molecule has 0 saturated heterocycles. The molecule has 0 aliphatic heterocycles. The number of aromatic nitrogens is 3. The van der Waals surface area contributed by atoms with Gasteiger partial charge in [0.2, 0.25) is 5.88 Å². The maximum atomic E-state index is 13.3. The second-order valence-electron chi connectivity index (χ2n) is 8.05. The lowest BCUT2D eigenvalue weighted by Crippen LogP contribution is -2.23. The summed E-state index contributed by atoms with van der Waals surface area (Å²) < 4.78 is 13.2. The highest BCUT2D eigenvalue weighted by Gasteiger charge is 2.17. The van der Waals surface area contributed by atoms with Crippen molar-refractivity contribution >= 4 is 50.3 Å². The van der Waals surface area contributed by atoms with E-state index in [2.05, 4.69) is 26.0 Å². The van der Waals surface area contributed by atoms with E-state index in [1.54, 1.807) is 24.3 Å². The maximum Gasteiger partial charge on any atom is 0.287 e. The minimum Gasteiger partial charge on any atom is -0.493 e. The number of hydrogen-bond donors (Lipinski definition) is 0. The molecule has 4 rings (SSSR count). The molecule has 190 valence electrons. The number of halogens is 2. The van der Waals surface area contributed by atoms with E-state index >= 15 is 0 Å². The summed E-state index contributed by atoms with van der Waals surface area (Å²) in [5, 5.41) is 15.9. The minimum atomic E-state index is -0.555. The number of hydrogen-bond acceptors (Lipinski definition) is 8. The number of nitro groups is 1. The Bertz CT molecular complexity index is 1570. The Morgan fingerprint density at radius 3 is 2.70 bits per heavy atom. The van der Waals surface area contributed by atoms with E-state index in [1.165, 1.54) is 30.1 Å². The molecule has 2 aromatic heterocycles. The van der Waals surface area contributed by atoms with Gasteiger partial charge in [0.15, 0.2) is 11.5 Å². The first-order chi connectivity index (χ1) is 17.7. The molecule has 2 aromatic carbocycles. The van der Waals surface area contributed by atoms with Crippen LogP contribution in [0.4, 0.5) is 5.69 Å². The standard InChI is InChI=1S/C25H21BrClN5O5/c1-4-14(2)24-30-20-7-5-16(26)11-18(20)25(33)31(24)29-12-15-9-19(27)23(21(10-15)36-3)37-22-8-6-17(13-28-22)32(34)35/h5-14H,4H2,1-3H3/t14-/m1/s1. The van der Waals surface area contributed by atoms with Crippen LogP contribution in [0.3, 0.4) is 0 Å². The molecule has 12 heteroatoms. The summed E-state index contributed by atoms with van der Waals surface area (Å²) in [6.07, 6.45) is 3.34. The molecule has 2 heterocycles. The Hall–Kier alpha value is -3.83. The first kappa shape index (κ1) is 26.2. The average molecular weight is 587 g/mol. The first-order valence-electron chi connectivity index (χ1n) is 11.1. The Labute approximate surface area is 224 Å². The van der Waals surface area contributed by atoms with Crippen LogP contribution in [0, 0.1) is 10.1 Å². The molecule has 10 nitrogen and oxygen atoms in total. The smallest absolute Gasteiger partial charge is 0.287 e. The number of pyridine rings is 1. The van der Waals surface area contributed by atoms with Gasteiger partial charge in [-0.25, -0.2) is 9.97 Å². The molecule has 0 radical (unpaired) electrons. The largest absolute Gasteiger partial charge is 0.493 e. The fraction of sp³-hybridized carbons (Fsp3) is 0.200. The Kier molecular flexibility index (Phi) is 7.84. The Morgan fingerprint density at radius 2 is 2.05 bits per heavy atom. The van der Waals surface area contributed by atoms with Crippen LogP contribution in [0.2, 0.25) is 5.02 Å². The van der Waals surface area contributed by atoms with Crippen LogP contribution in [0.1, 0.15) is 37.6 Å². The third-order valence-corrected chi connectivity index (χ3v) is 6.37. The number of fused-ring (bicyclic) bond motifs is 1. The summed E-state index contributed by atoms with van der Waals surface area (Å²) in [4.78, 5) is 32.2. The Balaban J connectivity index is 1.72. The van der Waals surface area contributed by atoms with Crippen molar-refractivity contribution in [2.45, 2.75) is 26.2 Å². The summed E-state index contributed by atoms with van der Waals surface area (Å²) in [6, 6.07) is 11.2. The van der Waals surface area contributed by atoms with E-state index in [4.69, 9.17) is 26.1 Å². The predicted molar refractivity (Wildman–Crippen MR) is 144 cm³/mol. The van der Waals surface area contributed by atoms with Gasteiger partial charge >= 0.3 is 0 Å². The van der Waals surface area contributed by atoms with Crippen LogP contribution in [-0.2, 0) is 0 Å². The highest BCUT2D eigenvalue weighted by Crippen LogP contribution is 2.39. The van der Waals surface area contributed by atoms with Crippen molar-refractivity contribution in [2.24, 2.45) is 5.10 Å². The van der Waals surface area contributed by atoms with E-state index in [9.17, 15) is 14.9 Å². The fourth-order valence-electron chi connectivity index (χ4n) is 3.46. The molecule has 0 fully saturated rings. The second-order valence-corrected chi connectivity index (χ2v) is 9.37. The number of rotatable bonds is 8.